The van der Waals surface area contributed by atoms with Crippen LogP contribution in [0.1, 0.15) is 36.9 Å². The summed E-state index contributed by atoms with van der Waals surface area (Å²) in [4.78, 5) is 83.4. The van der Waals surface area contributed by atoms with Gasteiger partial charge in [0.25, 0.3) is 0 Å². The number of imidazole rings is 1. The Hall–Kier alpha value is -5.25. The second kappa shape index (κ2) is 15.1. The molecule has 4 unspecified atom stereocenters. The van der Waals surface area contributed by atoms with Gasteiger partial charge in [0.1, 0.15) is 18.1 Å². The molecule has 11 N–H and O–H groups in total. The predicted molar refractivity (Wildman–Crippen MR) is 151 cm³/mol. The topological polar surface area (TPSA) is 275 Å². The Morgan fingerprint density at radius 3 is 2.12 bits per heavy atom. The van der Waals surface area contributed by atoms with Crippen LogP contribution in [0, 0.1) is 0 Å². The molecule has 4 atom stereocenters. The molecule has 0 radical (unpaired) electrons. The highest BCUT2D eigenvalue weighted by Gasteiger charge is 2.31. The van der Waals surface area contributed by atoms with Gasteiger partial charge >= 0.3 is 11.9 Å². The molecule has 1 aromatic carbocycles. The number of fused-ring (bicyclic) bond motifs is 1. The van der Waals surface area contributed by atoms with E-state index in [-0.39, 0.29) is 32.1 Å². The zero-order valence-corrected chi connectivity index (χ0v) is 23.0. The molecule has 4 amide bonds. The van der Waals surface area contributed by atoms with Crippen molar-refractivity contribution in [3.63, 3.8) is 0 Å². The van der Waals surface area contributed by atoms with Gasteiger partial charge in [-0.3, -0.25) is 24.0 Å². The third kappa shape index (κ3) is 9.67. The smallest absolute Gasteiger partial charge is 0.326 e. The fourth-order valence-electron chi connectivity index (χ4n) is 4.33. The Labute approximate surface area is 245 Å². The molecule has 16 heteroatoms. The van der Waals surface area contributed by atoms with Crippen LogP contribution in [0.25, 0.3) is 10.9 Å². The first-order chi connectivity index (χ1) is 20.4. The molecular formula is C27H34N8O8. The number of nitrogens with zero attached hydrogens (tertiary/aromatic N) is 1. The van der Waals surface area contributed by atoms with Crippen LogP contribution in [0.15, 0.2) is 43.0 Å². The first-order valence-electron chi connectivity index (χ1n) is 13.4. The van der Waals surface area contributed by atoms with Gasteiger partial charge in [0, 0.05) is 54.7 Å². The summed E-state index contributed by atoms with van der Waals surface area (Å²) >= 11 is 0. The molecule has 0 spiro atoms. The SMILES string of the molecule is NC(=O)CCC(N)C(=O)NC(Cc1cnc[nH]1)C(=O)NC(Cc1c[nH]c2ccccc12)C(=O)NC(CCC(=O)O)C(=O)O. The van der Waals surface area contributed by atoms with Crippen LogP contribution in [-0.4, -0.2) is 84.9 Å². The number of H-pyrrole nitrogens is 2. The maximum atomic E-state index is 13.6. The minimum absolute atomic E-state index is 0.0575. The molecule has 16 nitrogen and oxygen atoms in total. The number of nitrogens with one attached hydrogen (secondary N) is 5. The molecule has 0 saturated carbocycles. The molecule has 2 heterocycles. The number of benzene rings is 1. The molecular weight excluding hydrogens is 564 g/mol. The molecule has 230 valence electrons. The van der Waals surface area contributed by atoms with Gasteiger partial charge in [0.15, 0.2) is 0 Å². The molecule has 2 aromatic heterocycles. The average molecular weight is 599 g/mol. The number of carbonyl (C=O) groups excluding carboxylic acids is 4. The van der Waals surface area contributed by atoms with E-state index in [2.05, 4.69) is 30.9 Å². The third-order valence-electron chi connectivity index (χ3n) is 6.64. The molecule has 0 aliphatic rings. The minimum atomic E-state index is -1.53. The number of hydrogen-bond acceptors (Lipinski definition) is 8. The number of rotatable bonds is 17. The Kier molecular flexibility index (Phi) is 11.3. The number of aromatic nitrogens is 3. The van der Waals surface area contributed by atoms with Crippen molar-refractivity contribution in [1.29, 1.82) is 0 Å². The van der Waals surface area contributed by atoms with Crippen LogP contribution in [-0.2, 0) is 41.6 Å². The van der Waals surface area contributed by atoms with Crippen LogP contribution in [0.5, 0.6) is 0 Å². The van der Waals surface area contributed by atoms with E-state index in [9.17, 15) is 33.9 Å². The number of aromatic amines is 2. The molecule has 43 heavy (non-hydrogen) atoms. The van der Waals surface area contributed by atoms with E-state index in [1.165, 1.54) is 12.5 Å². The quantitative estimate of drug-likeness (QED) is 0.0883. The minimum Gasteiger partial charge on any atom is -0.481 e. The second-order valence-electron chi connectivity index (χ2n) is 9.91. The van der Waals surface area contributed by atoms with E-state index in [1.807, 2.05) is 12.1 Å². The standard InChI is InChI=1S/C27H34N8O8/c28-17(5-7-22(29)36)24(39)34-21(10-15-12-30-13-32-15)26(41)35-20(9-14-11-31-18-4-2-1-3-16(14)18)25(40)33-19(27(42)43)6-8-23(37)38/h1-4,11-13,17,19-21,31H,5-10,28H2,(H2,29,36)(H,30,32)(H,33,40)(H,34,39)(H,35,41)(H,37,38)(H,42,43). The van der Waals surface area contributed by atoms with E-state index in [0.717, 1.165) is 10.9 Å². The molecule has 0 aliphatic heterocycles. The van der Waals surface area contributed by atoms with Crippen molar-refractivity contribution in [3.05, 3.63) is 54.2 Å². The van der Waals surface area contributed by atoms with Gasteiger partial charge in [0.2, 0.25) is 23.6 Å². The fraction of sp³-hybridized carbons (Fsp3) is 0.370. The van der Waals surface area contributed by atoms with Crippen molar-refractivity contribution in [2.24, 2.45) is 11.5 Å². The number of carbonyl (C=O) groups is 6. The molecule has 3 aromatic rings. The number of carboxylic acids is 2. The monoisotopic (exact) mass is 598 g/mol. The summed E-state index contributed by atoms with van der Waals surface area (Å²) in [5, 5.41) is 26.7. The van der Waals surface area contributed by atoms with Crippen molar-refractivity contribution >= 4 is 46.5 Å². The van der Waals surface area contributed by atoms with Crippen molar-refractivity contribution in [2.75, 3.05) is 0 Å². The van der Waals surface area contributed by atoms with Crippen molar-refractivity contribution in [2.45, 2.75) is 62.7 Å². The van der Waals surface area contributed by atoms with Crippen molar-refractivity contribution < 1.29 is 39.0 Å². The Morgan fingerprint density at radius 1 is 0.837 bits per heavy atom. The lowest BCUT2D eigenvalue weighted by atomic mass is 10.0. The third-order valence-corrected chi connectivity index (χ3v) is 6.64. The van der Waals surface area contributed by atoms with E-state index in [4.69, 9.17) is 16.6 Å². The van der Waals surface area contributed by atoms with Gasteiger partial charge in [-0.25, -0.2) is 9.78 Å². The first kappa shape index (κ1) is 32.3. The van der Waals surface area contributed by atoms with Gasteiger partial charge in [-0.2, -0.15) is 0 Å². The van der Waals surface area contributed by atoms with Crippen LogP contribution in [0.4, 0.5) is 0 Å². The average Bonchev–Trinajstić information content (AvgIpc) is 3.62. The Bertz CT molecular complexity index is 1450. The highest BCUT2D eigenvalue weighted by Crippen LogP contribution is 2.19. The number of amides is 4. The molecule has 0 bridgehead atoms. The number of aliphatic carboxylic acids is 2. The highest BCUT2D eigenvalue weighted by atomic mass is 16.4. The van der Waals surface area contributed by atoms with Gasteiger partial charge < -0.3 is 47.6 Å². The number of para-hydroxylation sites is 1. The van der Waals surface area contributed by atoms with Gasteiger partial charge in [-0.15, -0.1) is 0 Å². The van der Waals surface area contributed by atoms with Crippen LogP contribution in [0.2, 0.25) is 0 Å². The fourth-order valence-corrected chi connectivity index (χ4v) is 4.33. The van der Waals surface area contributed by atoms with Gasteiger partial charge in [0.05, 0.1) is 12.4 Å². The summed E-state index contributed by atoms with van der Waals surface area (Å²) in [5.41, 5.74) is 12.9. The molecule has 3 rings (SSSR count). The van der Waals surface area contributed by atoms with Crippen molar-refractivity contribution in [3.8, 4) is 0 Å². The summed E-state index contributed by atoms with van der Waals surface area (Å²) in [6, 6.07) is 1.95. The first-order valence-corrected chi connectivity index (χ1v) is 13.4. The maximum absolute atomic E-state index is 13.6. The molecule has 0 fully saturated rings. The van der Waals surface area contributed by atoms with Crippen molar-refractivity contribution in [1.82, 2.24) is 30.9 Å². The highest BCUT2D eigenvalue weighted by molar-refractivity contribution is 5.95. The number of nitrogens with two attached hydrogens (primary N) is 2. The summed E-state index contributed by atoms with van der Waals surface area (Å²) in [5.74, 6) is -5.73. The van der Waals surface area contributed by atoms with Crippen LogP contribution < -0.4 is 27.4 Å². The van der Waals surface area contributed by atoms with Gasteiger partial charge in [-0.05, 0) is 24.5 Å². The number of primary amides is 1. The van der Waals surface area contributed by atoms with E-state index >= 15 is 0 Å². The van der Waals surface area contributed by atoms with Crippen LogP contribution in [0.3, 0.4) is 0 Å². The summed E-state index contributed by atoms with van der Waals surface area (Å²) in [7, 11) is 0. The lowest BCUT2D eigenvalue weighted by Crippen LogP contribution is -2.58. The zero-order chi connectivity index (χ0) is 31.5. The molecule has 0 saturated heterocycles. The van der Waals surface area contributed by atoms with E-state index < -0.39 is 66.2 Å². The molecule has 0 aliphatic carbocycles. The van der Waals surface area contributed by atoms with E-state index in [1.54, 1.807) is 18.3 Å². The Morgan fingerprint density at radius 2 is 1.49 bits per heavy atom. The lowest BCUT2D eigenvalue weighted by Gasteiger charge is -2.25. The zero-order valence-electron chi connectivity index (χ0n) is 23.0. The maximum Gasteiger partial charge on any atom is 0.326 e. The normalized spacial score (nSPS) is 13.8. The van der Waals surface area contributed by atoms with Gasteiger partial charge in [-0.1, -0.05) is 18.2 Å². The second-order valence-corrected chi connectivity index (χ2v) is 9.91. The predicted octanol–water partition coefficient (Wildman–Crippen LogP) is -1.33. The number of carboxylic acid groups (broad SMARTS) is 2. The number of hydrogen-bond donors (Lipinski definition) is 9. The largest absolute Gasteiger partial charge is 0.481 e. The summed E-state index contributed by atoms with van der Waals surface area (Å²) in [6.07, 6.45) is 3.22. The summed E-state index contributed by atoms with van der Waals surface area (Å²) < 4.78 is 0. The Balaban J connectivity index is 1.86. The van der Waals surface area contributed by atoms with Crippen LogP contribution >= 0.6 is 0 Å². The van der Waals surface area contributed by atoms with E-state index in [0.29, 0.717) is 11.3 Å². The lowest BCUT2D eigenvalue weighted by molar-refractivity contribution is -0.143. The summed E-state index contributed by atoms with van der Waals surface area (Å²) in [6.45, 7) is 0.